The highest BCUT2D eigenvalue weighted by molar-refractivity contribution is 6.18. The third-order valence-electron chi connectivity index (χ3n) is 2.28. The maximum absolute atomic E-state index is 11.4. The number of amides is 1. The Balaban J connectivity index is 2.40. The van der Waals surface area contributed by atoms with E-state index in [9.17, 15) is 9.90 Å². The van der Waals surface area contributed by atoms with Gasteiger partial charge in [0.15, 0.2) is 0 Å². The molecule has 4 heteroatoms. The third kappa shape index (κ3) is 3.53. The molecular formula is C9H16ClNO2. The average Bonchev–Trinajstić information content (AvgIpc) is 2.32. The van der Waals surface area contributed by atoms with E-state index >= 15 is 0 Å². The van der Waals surface area contributed by atoms with Gasteiger partial charge in [-0.3, -0.25) is 4.79 Å². The summed E-state index contributed by atoms with van der Waals surface area (Å²) in [5.41, 5.74) is 0. The molecule has 1 amide bonds. The van der Waals surface area contributed by atoms with Crippen molar-refractivity contribution in [2.45, 2.75) is 31.8 Å². The fourth-order valence-corrected chi connectivity index (χ4v) is 1.63. The van der Waals surface area contributed by atoms with Gasteiger partial charge >= 0.3 is 0 Å². The van der Waals surface area contributed by atoms with Crippen LogP contribution >= 0.6 is 11.6 Å². The van der Waals surface area contributed by atoms with Gasteiger partial charge in [-0.15, -0.1) is 11.6 Å². The van der Waals surface area contributed by atoms with Crippen molar-refractivity contribution < 1.29 is 9.90 Å². The highest BCUT2D eigenvalue weighted by Gasteiger charge is 2.18. The van der Waals surface area contributed by atoms with E-state index in [1.54, 1.807) is 4.90 Å². The van der Waals surface area contributed by atoms with Crippen LogP contribution in [-0.2, 0) is 4.79 Å². The minimum Gasteiger partial charge on any atom is -0.390 e. The van der Waals surface area contributed by atoms with Gasteiger partial charge in [0.05, 0.1) is 12.0 Å². The van der Waals surface area contributed by atoms with Crippen LogP contribution in [-0.4, -0.2) is 41.0 Å². The molecule has 1 aliphatic rings. The van der Waals surface area contributed by atoms with Crippen LogP contribution in [0.15, 0.2) is 0 Å². The minimum absolute atomic E-state index is 0.154. The molecule has 1 saturated heterocycles. The van der Waals surface area contributed by atoms with E-state index in [2.05, 4.69) is 0 Å². The monoisotopic (exact) mass is 205 g/mol. The van der Waals surface area contributed by atoms with Gasteiger partial charge in [0.25, 0.3) is 0 Å². The molecule has 0 bridgehead atoms. The minimum atomic E-state index is -0.580. The lowest BCUT2D eigenvalue weighted by Gasteiger charge is -2.22. The van der Waals surface area contributed by atoms with Gasteiger partial charge in [-0.2, -0.15) is 0 Å². The van der Waals surface area contributed by atoms with Crippen molar-refractivity contribution in [1.82, 2.24) is 4.90 Å². The summed E-state index contributed by atoms with van der Waals surface area (Å²) in [5, 5.41) is 9.29. The Bertz CT molecular complexity index is 175. The van der Waals surface area contributed by atoms with Gasteiger partial charge in [-0.1, -0.05) is 6.42 Å². The molecule has 0 aromatic carbocycles. The van der Waals surface area contributed by atoms with Gasteiger partial charge in [0.1, 0.15) is 0 Å². The molecule has 3 nitrogen and oxygen atoms in total. The first-order valence-corrected chi connectivity index (χ1v) is 5.29. The second-order valence-electron chi connectivity index (χ2n) is 3.46. The van der Waals surface area contributed by atoms with Crippen molar-refractivity contribution >= 4 is 17.5 Å². The first-order chi connectivity index (χ1) is 6.24. The van der Waals surface area contributed by atoms with E-state index in [-0.39, 0.29) is 11.8 Å². The molecule has 0 aromatic rings. The molecule has 1 heterocycles. The number of hydrogen-bond donors (Lipinski definition) is 1. The number of nitrogens with zero attached hydrogens (tertiary/aromatic N) is 1. The normalized spacial score (nSPS) is 21.4. The fraction of sp³-hybridized carbons (Fsp3) is 0.889. The Kier molecular flexibility index (Phi) is 4.53. The Morgan fingerprint density at radius 2 is 2.23 bits per heavy atom. The van der Waals surface area contributed by atoms with Crippen molar-refractivity contribution in [2.24, 2.45) is 0 Å². The summed E-state index contributed by atoms with van der Waals surface area (Å²) in [4.78, 5) is 13.2. The lowest BCUT2D eigenvalue weighted by molar-refractivity contribution is -0.131. The van der Waals surface area contributed by atoms with Crippen molar-refractivity contribution in [3.8, 4) is 0 Å². The number of carbonyl (C=O) groups excluding carboxylic acids is 1. The van der Waals surface area contributed by atoms with E-state index in [0.717, 1.165) is 25.8 Å². The second-order valence-corrected chi connectivity index (χ2v) is 3.77. The predicted octanol–water partition coefficient (Wildman–Crippen LogP) is 0.989. The van der Waals surface area contributed by atoms with Crippen LogP contribution in [0.1, 0.15) is 25.7 Å². The van der Waals surface area contributed by atoms with Crippen LogP contribution in [0.25, 0.3) is 0 Å². The Labute approximate surface area is 83.7 Å². The third-order valence-corrected chi connectivity index (χ3v) is 2.64. The molecular weight excluding hydrogens is 190 g/mol. The van der Waals surface area contributed by atoms with Gasteiger partial charge < -0.3 is 10.0 Å². The summed E-state index contributed by atoms with van der Waals surface area (Å²) >= 11 is 5.47. The first-order valence-electron chi connectivity index (χ1n) is 4.76. The summed E-state index contributed by atoms with van der Waals surface area (Å²) in [6, 6.07) is 0. The summed E-state index contributed by atoms with van der Waals surface area (Å²) in [5.74, 6) is 0.353. The number of aliphatic hydroxyl groups excluding tert-OH is 1. The summed E-state index contributed by atoms with van der Waals surface area (Å²) < 4.78 is 0. The van der Waals surface area contributed by atoms with Crippen molar-refractivity contribution in [1.29, 1.82) is 0 Å². The van der Waals surface area contributed by atoms with Crippen LogP contribution in [0.3, 0.4) is 0 Å². The highest BCUT2D eigenvalue weighted by Crippen LogP contribution is 2.11. The number of hydrogen-bond acceptors (Lipinski definition) is 2. The van der Waals surface area contributed by atoms with Crippen LogP contribution in [0.2, 0.25) is 0 Å². The molecule has 1 rings (SSSR count). The molecule has 1 unspecified atom stereocenters. The van der Waals surface area contributed by atoms with E-state index in [0.29, 0.717) is 13.0 Å². The molecule has 0 aromatic heterocycles. The molecule has 0 saturated carbocycles. The Morgan fingerprint density at radius 3 is 2.92 bits per heavy atom. The standard InChI is InChI=1S/C9H16ClNO2/c10-6-8(12)7-11-5-3-1-2-4-9(11)13/h8,12H,1-7H2. The van der Waals surface area contributed by atoms with Crippen molar-refractivity contribution in [3.05, 3.63) is 0 Å². The average molecular weight is 206 g/mol. The number of β-amino-alcohol motifs (C(OH)–C–C–N with tert-alkyl or cyclic N) is 1. The molecule has 0 aliphatic carbocycles. The van der Waals surface area contributed by atoms with E-state index in [1.165, 1.54) is 0 Å². The van der Waals surface area contributed by atoms with Crippen LogP contribution in [0.5, 0.6) is 0 Å². The smallest absolute Gasteiger partial charge is 0.222 e. The molecule has 1 aliphatic heterocycles. The number of carbonyl (C=O) groups is 1. The number of alkyl halides is 1. The quantitative estimate of drug-likeness (QED) is 0.699. The van der Waals surface area contributed by atoms with Gasteiger partial charge in [-0.25, -0.2) is 0 Å². The van der Waals surface area contributed by atoms with Gasteiger partial charge in [0, 0.05) is 19.5 Å². The number of rotatable bonds is 3. The maximum atomic E-state index is 11.4. The lowest BCUT2D eigenvalue weighted by Crippen LogP contribution is -2.37. The zero-order chi connectivity index (χ0) is 9.68. The first kappa shape index (κ1) is 10.8. The van der Waals surface area contributed by atoms with Crippen LogP contribution in [0.4, 0.5) is 0 Å². The summed E-state index contributed by atoms with van der Waals surface area (Å²) in [7, 11) is 0. The topological polar surface area (TPSA) is 40.5 Å². The van der Waals surface area contributed by atoms with Gasteiger partial charge in [0.2, 0.25) is 5.91 Å². The predicted molar refractivity (Wildman–Crippen MR) is 51.8 cm³/mol. The summed E-state index contributed by atoms with van der Waals surface area (Å²) in [6.45, 7) is 1.16. The molecule has 13 heavy (non-hydrogen) atoms. The zero-order valence-electron chi connectivity index (χ0n) is 7.71. The Morgan fingerprint density at radius 1 is 1.46 bits per heavy atom. The molecule has 76 valence electrons. The van der Waals surface area contributed by atoms with E-state index in [1.807, 2.05) is 0 Å². The Hall–Kier alpha value is -0.280. The molecule has 1 fully saturated rings. The lowest BCUT2D eigenvalue weighted by atomic mass is 10.2. The second kappa shape index (κ2) is 5.45. The zero-order valence-corrected chi connectivity index (χ0v) is 8.46. The highest BCUT2D eigenvalue weighted by atomic mass is 35.5. The summed E-state index contributed by atoms with van der Waals surface area (Å²) in [6.07, 6.45) is 3.17. The molecule has 0 spiro atoms. The SMILES string of the molecule is O=C1CCCCCN1CC(O)CCl. The van der Waals surface area contributed by atoms with Crippen molar-refractivity contribution in [2.75, 3.05) is 19.0 Å². The van der Waals surface area contributed by atoms with E-state index < -0.39 is 6.10 Å². The van der Waals surface area contributed by atoms with E-state index in [4.69, 9.17) is 11.6 Å². The number of halogens is 1. The molecule has 1 N–H and O–H groups in total. The molecule has 1 atom stereocenters. The van der Waals surface area contributed by atoms with Crippen molar-refractivity contribution in [3.63, 3.8) is 0 Å². The fourth-order valence-electron chi connectivity index (χ4n) is 1.53. The maximum Gasteiger partial charge on any atom is 0.222 e. The number of likely N-dealkylation sites (tertiary alicyclic amines) is 1. The van der Waals surface area contributed by atoms with Crippen LogP contribution < -0.4 is 0 Å². The number of aliphatic hydroxyl groups is 1. The largest absolute Gasteiger partial charge is 0.390 e. The molecule has 0 radical (unpaired) electrons. The van der Waals surface area contributed by atoms with Crippen LogP contribution in [0, 0.1) is 0 Å². The van der Waals surface area contributed by atoms with Gasteiger partial charge in [-0.05, 0) is 12.8 Å².